The first-order valence-corrected chi connectivity index (χ1v) is 6.45. The number of halogens is 1. The Kier molecular flexibility index (Phi) is 3.99. The van der Waals surface area contributed by atoms with Gasteiger partial charge in [-0.3, -0.25) is 19.7 Å². The maximum atomic E-state index is 12.3. The molecule has 1 aromatic rings. The Labute approximate surface area is 125 Å². The smallest absolute Gasteiger partial charge is 0.294 e. The molecule has 1 saturated heterocycles. The molecule has 0 saturated carbocycles. The van der Waals surface area contributed by atoms with Crippen LogP contribution in [0.5, 0.6) is 0 Å². The Bertz CT molecular complexity index is 634. The van der Waals surface area contributed by atoms with Gasteiger partial charge >= 0.3 is 0 Å². The molecule has 2 N–H and O–H groups in total. The minimum Gasteiger partial charge on any atom is -0.392 e. The van der Waals surface area contributed by atoms with Gasteiger partial charge in [-0.25, -0.2) is 0 Å². The van der Waals surface area contributed by atoms with Gasteiger partial charge in [-0.2, -0.15) is 0 Å². The summed E-state index contributed by atoms with van der Waals surface area (Å²) in [6.45, 7) is 0.706. The molecular formula is C12H13ClN4O4. The van der Waals surface area contributed by atoms with Gasteiger partial charge in [0.2, 0.25) is 5.91 Å². The molecule has 0 atom stereocenters. The Morgan fingerprint density at radius 1 is 1.43 bits per heavy atom. The van der Waals surface area contributed by atoms with Gasteiger partial charge in [0.15, 0.2) is 0 Å². The predicted molar refractivity (Wildman–Crippen MR) is 76.1 cm³/mol. The van der Waals surface area contributed by atoms with Crippen LogP contribution >= 0.6 is 11.6 Å². The Hall–Kier alpha value is -2.35. The molecule has 0 unspecified atom stereocenters. The lowest BCUT2D eigenvalue weighted by molar-refractivity contribution is -0.383. The number of amides is 2. The molecule has 0 radical (unpaired) electrons. The molecule has 2 rings (SSSR count). The third-order valence-corrected chi connectivity index (χ3v) is 3.61. The van der Waals surface area contributed by atoms with Crippen molar-refractivity contribution >= 4 is 34.8 Å². The molecule has 1 aromatic carbocycles. The second-order valence-electron chi connectivity index (χ2n) is 4.69. The molecule has 1 aliphatic rings. The highest BCUT2D eigenvalue weighted by Gasteiger charge is 2.27. The van der Waals surface area contributed by atoms with E-state index in [0.717, 1.165) is 6.07 Å². The van der Waals surface area contributed by atoms with Gasteiger partial charge in [-0.1, -0.05) is 11.6 Å². The van der Waals surface area contributed by atoms with Crippen LogP contribution in [0, 0.1) is 10.1 Å². The molecule has 0 bridgehead atoms. The fraction of sp³-hybridized carbons (Fsp3) is 0.333. The number of benzene rings is 1. The molecule has 0 aliphatic carbocycles. The van der Waals surface area contributed by atoms with E-state index in [1.165, 1.54) is 15.9 Å². The van der Waals surface area contributed by atoms with Gasteiger partial charge in [-0.15, -0.1) is 0 Å². The fourth-order valence-electron chi connectivity index (χ4n) is 1.99. The second-order valence-corrected chi connectivity index (χ2v) is 5.10. The van der Waals surface area contributed by atoms with Crippen molar-refractivity contribution in [3.05, 3.63) is 32.8 Å². The maximum Gasteiger partial charge on any atom is 0.294 e. The standard InChI is InChI=1S/C12H13ClN4O4/c1-15-2-3-16(6-10(15)18)12(19)7-4-8(13)11(14)9(5-7)17(20)21/h4-5H,2-3,6,14H2,1H3. The van der Waals surface area contributed by atoms with Crippen molar-refractivity contribution in [1.82, 2.24) is 9.80 Å². The van der Waals surface area contributed by atoms with Crippen LogP contribution in [-0.4, -0.2) is 53.2 Å². The van der Waals surface area contributed by atoms with Crippen LogP contribution in [0.3, 0.4) is 0 Å². The molecule has 2 amide bonds. The summed E-state index contributed by atoms with van der Waals surface area (Å²) in [7, 11) is 1.65. The number of hydrogen-bond acceptors (Lipinski definition) is 5. The highest BCUT2D eigenvalue weighted by molar-refractivity contribution is 6.34. The van der Waals surface area contributed by atoms with Gasteiger partial charge < -0.3 is 15.5 Å². The molecule has 0 aromatic heterocycles. The van der Waals surface area contributed by atoms with E-state index in [-0.39, 0.29) is 28.7 Å². The summed E-state index contributed by atoms with van der Waals surface area (Å²) in [5.74, 6) is -0.674. The molecule has 8 nitrogen and oxygen atoms in total. The van der Waals surface area contributed by atoms with Gasteiger partial charge in [0.05, 0.1) is 9.95 Å². The first kappa shape index (κ1) is 15.0. The van der Waals surface area contributed by atoms with Crippen molar-refractivity contribution in [3.63, 3.8) is 0 Å². The lowest BCUT2D eigenvalue weighted by atomic mass is 10.1. The topological polar surface area (TPSA) is 110 Å². The number of anilines is 1. The van der Waals surface area contributed by atoms with Crippen LogP contribution in [0.1, 0.15) is 10.4 Å². The first-order valence-electron chi connectivity index (χ1n) is 6.08. The van der Waals surface area contributed by atoms with Crippen LogP contribution in [0.4, 0.5) is 11.4 Å². The fourth-order valence-corrected chi connectivity index (χ4v) is 2.21. The quantitative estimate of drug-likeness (QED) is 0.492. The number of carbonyl (C=O) groups is 2. The number of hydrogen-bond donors (Lipinski definition) is 1. The van der Waals surface area contributed by atoms with Crippen molar-refractivity contribution in [2.45, 2.75) is 0 Å². The van der Waals surface area contributed by atoms with E-state index in [1.54, 1.807) is 7.05 Å². The zero-order valence-electron chi connectivity index (χ0n) is 11.2. The Morgan fingerprint density at radius 2 is 2.10 bits per heavy atom. The van der Waals surface area contributed by atoms with Gasteiger partial charge in [0.1, 0.15) is 12.2 Å². The number of nitrogen functional groups attached to an aromatic ring is 1. The van der Waals surface area contributed by atoms with Crippen molar-refractivity contribution in [2.75, 3.05) is 32.4 Å². The lowest BCUT2D eigenvalue weighted by Gasteiger charge is -2.32. The van der Waals surface area contributed by atoms with Gasteiger partial charge in [0, 0.05) is 31.8 Å². The monoisotopic (exact) mass is 312 g/mol. The molecular weight excluding hydrogens is 300 g/mol. The normalized spacial score (nSPS) is 15.2. The van der Waals surface area contributed by atoms with Gasteiger partial charge in [0.25, 0.3) is 11.6 Å². The van der Waals surface area contributed by atoms with E-state index >= 15 is 0 Å². The van der Waals surface area contributed by atoms with Crippen LogP contribution in [-0.2, 0) is 4.79 Å². The summed E-state index contributed by atoms with van der Waals surface area (Å²) >= 11 is 5.82. The van der Waals surface area contributed by atoms with E-state index in [1.807, 2.05) is 0 Å². The molecule has 0 spiro atoms. The van der Waals surface area contributed by atoms with E-state index in [4.69, 9.17) is 17.3 Å². The summed E-state index contributed by atoms with van der Waals surface area (Å²) in [6, 6.07) is 2.35. The van der Waals surface area contributed by atoms with Crippen molar-refractivity contribution in [3.8, 4) is 0 Å². The number of piperazine rings is 1. The number of nitro groups is 1. The summed E-state index contributed by atoms with van der Waals surface area (Å²) in [4.78, 5) is 37.0. The number of likely N-dealkylation sites (N-methyl/N-ethyl adjacent to an activating group) is 1. The summed E-state index contributed by atoms with van der Waals surface area (Å²) < 4.78 is 0. The highest BCUT2D eigenvalue weighted by atomic mass is 35.5. The number of nitrogens with zero attached hydrogens (tertiary/aromatic N) is 3. The van der Waals surface area contributed by atoms with E-state index in [9.17, 15) is 19.7 Å². The first-order chi connectivity index (χ1) is 9.81. The molecule has 112 valence electrons. The van der Waals surface area contributed by atoms with Crippen LogP contribution in [0.2, 0.25) is 5.02 Å². The number of carbonyl (C=O) groups excluding carboxylic acids is 2. The van der Waals surface area contributed by atoms with Crippen molar-refractivity contribution < 1.29 is 14.5 Å². The third-order valence-electron chi connectivity index (χ3n) is 3.30. The van der Waals surface area contributed by atoms with Crippen molar-refractivity contribution in [1.29, 1.82) is 0 Å². The average Bonchev–Trinajstić information content (AvgIpc) is 2.43. The summed E-state index contributed by atoms with van der Waals surface area (Å²) in [6.07, 6.45) is 0. The minimum atomic E-state index is -0.701. The minimum absolute atomic E-state index is 0.0400. The largest absolute Gasteiger partial charge is 0.392 e. The van der Waals surface area contributed by atoms with Crippen molar-refractivity contribution in [2.24, 2.45) is 0 Å². The summed E-state index contributed by atoms with van der Waals surface area (Å²) in [5.41, 5.74) is 4.94. The van der Waals surface area contributed by atoms with Crippen LogP contribution in [0.15, 0.2) is 12.1 Å². The number of rotatable bonds is 2. The maximum absolute atomic E-state index is 12.3. The Balaban J connectivity index is 2.32. The van der Waals surface area contributed by atoms with Gasteiger partial charge in [-0.05, 0) is 6.07 Å². The highest BCUT2D eigenvalue weighted by Crippen LogP contribution is 2.31. The van der Waals surface area contributed by atoms with E-state index < -0.39 is 16.5 Å². The SMILES string of the molecule is CN1CCN(C(=O)c2cc(Cl)c(N)c([N+](=O)[O-])c2)CC1=O. The third kappa shape index (κ3) is 2.89. The molecule has 21 heavy (non-hydrogen) atoms. The predicted octanol–water partition coefficient (Wildman–Crippen LogP) is 0.745. The lowest BCUT2D eigenvalue weighted by Crippen LogP contribution is -2.50. The average molecular weight is 313 g/mol. The Morgan fingerprint density at radius 3 is 2.67 bits per heavy atom. The molecule has 1 aliphatic heterocycles. The zero-order chi connectivity index (χ0) is 15.7. The second kappa shape index (κ2) is 5.57. The molecule has 9 heteroatoms. The molecule has 1 fully saturated rings. The summed E-state index contributed by atoms with van der Waals surface area (Å²) in [5, 5.41) is 10.8. The van der Waals surface area contributed by atoms with Crippen LogP contribution < -0.4 is 5.73 Å². The number of nitrogens with two attached hydrogens (primary N) is 1. The van der Waals surface area contributed by atoms with E-state index in [2.05, 4.69) is 0 Å². The number of nitro benzene ring substituents is 1. The van der Waals surface area contributed by atoms with E-state index in [0.29, 0.717) is 13.1 Å². The zero-order valence-corrected chi connectivity index (χ0v) is 12.0. The van der Waals surface area contributed by atoms with Crippen LogP contribution in [0.25, 0.3) is 0 Å². The molecule has 1 heterocycles.